The van der Waals surface area contributed by atoms with E-state index in [-0.39, 0.29) is 16.2 Å². The first kappa shape index (κ1) is 33.7. The summed E-state index contributed by atoms with van der Waals surface area (Å²) in [6, 6.07) is 71.2. The summed E-state index contributed by atoms with van der Waals surface area (Å²) >= 11 is 0. The van der Waals surface area contributed by atoms with Crippen LogP contribution in [-0.4, -0.2) is 0 Å². The summed E-state index contributed by atoms with van der Waals surface area (Å²) in [5, 5.41) is 0. The van der Waals surface area contributed by atoms with Gasteiger partial charge < -0.3 is 4.90 Å². The molecular formula is C57H45N. The number of nitrogens with zero attached hydrogens (tertiary/aromatic N) is 1. The molecule has 0 aromatic heterocycles. The molecule has 0 amide bonds. The van der Waals surface area contributed by atoms with Gasteiger partial charge in [-0.3, -0.25) is 0 Å². The lowest BCUT2D eigenvalue weighted by Gasteiger charge is -2.46. The Morgan fingerprint density at radius 3 is 1.33 bits per heavy atom. The molecule has 0 unspecified atom stereocenters. The molecule has 0 atom stereocenters. The Morgan fingerprint density at radius 1 is 0.310 bits per heavy atom. The monoisotopic (exact) mass is 743 g/mol. The van der Waals surface area contributed by atoms with Crippen LogP contribution < -0.4 is 4.90 Å². The van der Waals surface area contributed by atoms with Crippen LogP contribution >= 0.6 is 0 Å². The van der Waals surface area contributed by atoms with E-state index in [4.69, 9.17) is 0 Å². The minimum Gasteiger partial charge on any atom is -0.310 e. The quantitative estimate of drug-likeness (QED) is 0.173. The van der Waals surface area contributed by atoms with Crippen LogP contribution in [0.4, 0.5) is 17.1 Å². The maximum absolute atomic E-state index is 2.58. The Kier molecular flexibility index (Phi) is 7.13. The predicted molar refractivity (Wildman–Crippen MR) is 241 cm³/mol. The Hall–Kier alpha value is -6.44. The van der Waals surface area contributed by atoms with Crippen LogP contribution in [0.1, 0.15) is 72.9 Å². The molecule has 1 fully saturated rings. The van der Waals surface area contributed by atoms with Crippen LogP contribution in [0.2, 0.25) is 0 Å². The average molecular weight is 744 g/mol. The van der Waals surface area contributed by atoms with Gasteiger partial charge in [-0.25, -0.2) is 0 Å². The third-order valence-corrected chi connectivity index (χ3v) is 14.7. The Morgan fingerprint density at radius 2 is 0.724 bits per heavy atom. The van der Waals surface area contributed by atoms with E-state index < -0.39 is 0 Å². The number of para-hydroxylation sites is 1. The molecule has 8 aromatic rings. The summed E-state index contributed by atoms with van der Waals surface area (Å²) in [7, 11) is 0. The molecule has 0 N–H and O–H groups in total. The zero-order valence-electron chi connectivity index (χ0n) is 33.2. The number of hydrogen-bond acceptors (Lipinski definition) is 1. The molecule has 12 rings (SSSR count). The van der Waals surface area contributed by atoms with E-state index in [0.29, 0.717) is 0 Å². The maximum atomic E-state index is 2.58. The molecular weight excluding hydrogens is 699 g/mol. The van der Waals surface area contributed by atoms with Crippen molar-refractivity contribution in [1.82, 2.24) is 0 Å². The normalized spacial score (nSPS) is 16.6. The van der Waals surface area contributed by atoms with Crippen molar-refractivity contribution >= 4 is 17.1 Å². The van der Waals surface area contributed by atoms with Crippen LogP contribution in [0.25, 0.3) is 44.5 Å². The van der Waals surface area contributed by atoms with Crippen molar-refractivity contribution in [2.45, 2.75) is 55.8 Å². The SMILES string of the molecule is CC1(C)c2ccccc2-c2ccc(N(c3ccccc3)c3ccc4c(c3)C3(CCC5(CC3)c3ccccc3-c3ccccc35)c3cc(-c5ccccc5)ccc3-4)cc21. The molecule has 4 aliphatic carbocycles. The molecule has 2 spiro atoms. The first-order chi connectivity index (χ1) is 28.5. The van der Waals surface area contributed by atoms with E-state index in [0.717, 1.165) is 25.7 Å². The van der Waals surface area contributed by atoms with Gasteiger partial charge in [0, 0.05) is 33.3 Å². The molecule has 8 aromatic carbocycles. The van der Waals surface area contributed by atoms with E-state index in [2.05, 4.69) is 207 Å². The summed E-state index contributed by atoms with van der Waals surface area (Å²) in [4.78, 5) is 2.50. The van der Waals surface area contributed by atoms with Gasteiger partial charge in [0.25, 0.3) is 0 Å². The highest BCUT2D eigenvalue weighted by Crippen LogP contribution is 2.64. The number of fused-ring (bicyclic) bond motifs is 13. The third kappa shape index (κ3) is 4.59. The highest BCUT2D eigenvalue weighted by Gasteiger charge is 2.53. The zero-order valence-corrected chi connectivity index (χ0v) is 33.2. The zero-order chi connectivity index (χ0) is 38.6. The Bertz CT molecular complexity index is 2880. The van der Waals surface area contributed by atoms with Crippen molar-refractivity contribution in [3.05, 3.63) is 221 Å². The van der Waals surface area contributed by atoms with Gasteiger partial charge in [0.05, 0.1) is 0 Å². The highest BCUT2D eigenvalue weighted by molar-refractivity contribution is 5.90. The van der Waals surface area contributed by atoms with Crippen LogP contribution in [0, 0.1) is 0 Å². The highest BCUT2D eigenvalue weighted by atomic mass is 15.1. The fraction of sp³-hybridized carbons (Fsp3) is 0.158. The number of anilines is 3. The lowest BCUT2D eigenvalue weighted by atomic mass is 9.57. The second-order valence-electron chi connectivity index (χ2n) is 17.7. The second kappa shape index (κ2) is 12.3. The van der Waals surface area contributed by atoms with Crippen molar-refractivity contribution < 1.29 is 0 Å². The van der Waals surface area contributed by atoms with Gasteiger partial charge in [-0.1, -0.05) is 159 Å². The molecule has 4 aliphatic rings. The number of benzene rings is 8. The molecule has 1 saturated carbocycles. The number of rotatable bonds is 4. The van der Waals surface area contributed by atoms with Crippen molar-refractivity contribution in [3.8, 4) is 44.5 Å². The van der Waals surface area contributed by atoms with Crippen molar-refractivity contribution in [2.75, 3.05) is 4.90 Å². The fourth-order valence-electron chi connectivity index (χ4n) is 11.9. The van der Waals surface area contributed by atoms with Crippen molar-refractivity contribution in [3.63, 3.8) is 0 Å². The van der Waals surface area contributed by atoms with Crippen LogP contribution in [0.3, 0.4) is 0 Å². The van der Waals surface area contributed by atoms with Crippen molar-refractivity contribution in [2.24, 2.45) is 0 Å². The molecule has 0 saturated heterocycles. The lowest BCUT2D eigenvalue weighted by molar-refractivity contribution is 0.265. The molecule has 58 heavy (non-hydrogen) atoms. The average Bonchev–Trinajstić information content (AvgIpc) is 3.80. The predicted octanol–water partition coefficient (Wildman–Crippen LogP) is 14.9. The van der Waals surface area contributed by atoms with E-state index in [1.807, 2.05) is 0 Å². The van der Waals surface area contributed by atoms with Crippen molar-refractivity contribution in [1.29, 1.82) is 0 Å². The van der Waals surface area contributed by atoms with Crippen LogP contribution in [0.15, 0.2) is 188 Å². The van der Waals surface area contributed by atoms with Gasteiger partial charge >= 0.3 is 0 Å². The van der Waals surface area contributed by atoms with E-state index in [1.54, 1.807) is 0 Å². The Balaban J connectivity index is 1.03. The molecule has 1 heteroatoms. The van der Waals surface area contributed by atoms with Gasteiger partial charge in [-0.05, 0) is 146 Å². The standard InChI is InChI=1S/C57H45N/c1-55(2)49-22-12-9-19-43(49)46-29-26-41(36-52(46)55)58(40-17-7-4-8-18-40)42-27-30-48-47-28-25-39(38-15-5-3-6-16-38)35-53(47)57(54(48)37-42)33-31-56(32-34-57)50-23-13-10-20-44(50)45-21-11-14-24-51(45)56/h3-30,35-37H,31-34H2,1-2H3. The molecule has 0 aliphatic heterocycles. The lowest BCUT2D eigenvalue weighted by Crippen LogP contribution is -2.39. The van der Waals surface area contributed by atoms with E-state index in [1.165, 1.54) is 95.0 Å². The van der Waals surface area contributed by atoms with E-state index in [9.17, 15) is 0 Å². The largest absolute Gasteiger partial charge is 0.310 e. The smallest absolute Gasteiger partial charge is 0.0465 e. The molecule has 0 heterocycles. The minimum absolute atomic E-state index is 0.0286. The molecule has 1 nitrogen and oxygen atoms in total. The maximum Gasteiger partial charge on any atom is 0.0465 e. The van der Waals surface area contributed by atoms with Gasteiger partial charge in [-0.2, -0.15) is 0 Å². The fourth-order valence-corrected chi connectivity index (χ4v) is 11.9. The summed E-state index contributed by atoms with van der Waals surface area (Å²) in [5.74, 6) is 0. The van der Waals surface area contributed by atoms with Gasteiger partial charge in [0.1, 0.15) is 0 Å². The first-order valence-electron chi connectivity index (χ1n) is 21.1. The van der Waals surface area contributed by atoms with Gasteiger partial charge in [0.15, 0.2) is 0 Å². The van der Waals surface area contributed by atoms with Crippen LogP contribution in [0.5, 0.6) is 0 Å². The summed E-state index contributed by atoms with van der Waals surface area (Å²) < 4.78 is 0. The summed E-state index contributed by atoms with van der Waals surface area (Å²) in [5.41, 5.74) is 23.2. The third-order valence-electron chi connectivity index (χ3n) is 14.7. The first-order valence-corrected chi connectivity index (χ1v) is 21.1. The summed E-state index contributed by atoms with van der Waals surface area (Å²) in [6.07, 6.45) is 4.41. The minimum atomic E-state index is -0.104. The topological polar surface area (TPSA) is 3.24 Å². The second-order valence-corrected chi connectivity index (χ2v) is 17.7. The Labute approximate surface area is 342 Å². The number of hydrogen-bond donors (Lipinski definition) is 0. The molecule has 278 valence electrons. The van der Waals surface area contributed by atoms with Gasteiger partial charge in [-0.15, -0.1) is 0 Å². The van der Waals surface area contributed by atoms with Gasteiger partial charge in [0.2, 0.25) is 0 Å². The van der Waals surface area contributed by atoms with Crippen LogP contribution in [-0.2, 0) is 16.2 Å². The molecule has 0 bridgehead atoms. The van der Waals surface area contributed by atoms with E-state index >= 15 is 0 Å². The molecule has 0 radical (unpaired) electrons. The summed E-state index contributed by atoms with van der Waals surface area (Å²) in [6.45, 7) is 4.76.